The molecule has 0 aliphatic carbocycles. The minimum absolute atomic E-state index is 0.274. The molecule has 0 atom stereocenters. The molecular weight excluding hydrogens is 294 g/mol. The van der Waals surface area contributed by atoms with Gasteiger partial charge in [0.15, 0.2) is 0 Å². The zero-order valence-corrected chi connectivity index (χ0v) is 12.4. The van der Waals surface area contributed by atoms with Gasteiger partial charge in [0.1, 0.15) is 5.76 Å². The molecule has 0 bridgehead atoms. The van der Waals surface area contributed by atoms with Crippen molar-refractivity contribution in [3.63, 3.8) is 0 Å². The molecule has 0 aromatic rings. The summed E-state index contributed by atoms with van der Waals surface area (Å²) in [5, 5.41) is 9.35. The maximum atomic E-state index is 11.2. The van der Waals surface area contributed by atoms with E-state index in [9.17, 15) is 9.90 Å². The van der Waals surface area contributed by atoms with Crippen molar-refractivity contribution in [3.05, 3.63) is 48.3 Å². The van der Waals surface area contributed by atoms with Gasteiger partial charge in [-0.25, -0.2) is 0 Å². The van der Waals surface area contributed by atoms with Crippen LogP contribution in [0.4, 0.5) is 0 Å². The van der Waals surface area contributed by atoms with Gasteiger partial charge in [-0.15, -0.1) is 0 Å². The summed E-state index contributed by atoms with van der Waals surface area (Å²) >= 11 is 16.0. The summed E-state index contributed by atoms with van der Waals surface area (Å²) in [5.74, 6) is -0.587. The molecule has 0 aliphatic rings. The fraction of sp³-hybridized carbons (Fsp3) is 0.308. The van der Waals surface area contributed by atoms with Gasteiger partial charge in [0.05, 0.1) is 0 Å². The molecule has 100 valence electrons. The van der Waals surface area contributed by atoms with Crippen LogP contribution in [0, 0.1) is 5.92 Å². The number of carbonyl (C=O) groups is 1. The average molecular weight is 310 g/mol. The highest BCUT2D eigenvalue weighted by Crippen LogP contribution is 2.27. The van der Waals surface area contributed by atoms with Gasteiger partial charge in [-0.1, -0.05) is 79.0 Å². The van der Waals surface area contributed by atoms with Crippen molar-refractivity contribution >= 4 is 40.6 Å². The fourth-order valence-electron chi connectivity index (χ4n) is 0.833. The van der Waals surface area contributed by atoms with E-state index in [1.807, 2.05) is 12.2 Å². The monoisotopic (exact) mass is 308 g/mol. The van der Waals surface area contributed by atoms with E-state index in [-0.39, 0.29) is 5.76 Å². The Bertz CT molecular complexity index is 386. The largest absolute Gasteiger partial charge is 0.508 e. The highest BCUT2D eigenvalue weighted by atomic mass is 35.6. The number of rotatable bonds is 5. The number of hydrogen-bond acceptors (Lipinski definition) is 2. The van der Waals surface area contributed by atoms with Crippen molar-refractivity contribution in [2.45, 2.75) is 17.6 Å². The molecule has 0 spiro atoms. The molecule has 5 heteroatoms. The van der Waals surface area contributed by atoms with Crippen LogP contribution in [0.5, 0.6) is 0 Å². The Kier molecular flexibility index (Phi) is 8.08. The SMILES string of the molecule is CC(C)C=CC=CC=CC(O)=CC(=O)C(Cl)(Cl)Cl. The van der Waals surface area contributed by atoms with Crippen molar-refractivity contribution < 1.29 is 9.90 Å². The molecule has 18 heavy (non-hydrogen) atoms. The number of halogens is 3. The fourth-order valence-corrected chi connectivity index (χ4v) is 0.997. The number of aliphatic hydroxyl groups excluding tert-OH is 1. The molecule has 0 unspecified atom stereocenters. The van der Waals surface area contributed by atoms with Gasteiger partial charge in [0.25, 0.3) is 3.79 Å². The summed E-state index contributed by atoms with van der Waals surface area (Å²) in [5.41, 5.74) is 0. The first-order chi connectivity index (χ1) is 8.23. The number of carbonyl (C=O) groups excluding carboxylic acids is 1. The van der Waals surface area contributed by atoms with Crippen LogP contribution in [0.3, 0.4) is 0 Å². The number of allylic oxidation sites excluding steroid dienone is 7. The molecule has 0 heterocycles. The van der Waals surface area contributed by atoms with Crippen molar-refractivity contribution in [1.82, 2.24) is 0 Å². The van der Waals surface area contributed by atoms with Gasteiger partial charge < -0.3 is 5.11 Å². The van der Waals surface area contributed by atoms with Crippen LogP contribution >= 0.6 is 34.8 Å². The van der Waals surface area contributed by atoms with Gasteiger partial charge in [-0.3, -0.25) is 4.79 Å². The van der Waals surface area contributed by atoms with Gasteiger partial charge in [0.2, 0.25) is 5.78 Å². The summed E-state index contributed by atoms with van der Waals surface area (Å²) < 4.78 is -2.04. The quantitative estimate of drug-likeness (QED) is 0.346. The zero-order valence-electron chi connectivity index (χ0n) is 10.1. The smallest absolute Gasteiger partial charge is 0.252 e. The van der Waals surface area contributed by atoms with Crippen LogP contribution in [-0.2, 0) is 4.79 Å². The van der Waals surface area contributed by atoms with Gasteiger partial charge in [-0.2, -0.15) is 0 Å². The summed E-state index contributed by atoms with van der Waals surface area (Å²) in [6.07, 6.45) is 11.2. The number of aliphatic hydroxyl groups is 1. The standard InChI is InChI=1S/C13H15Cl3O2/c1-10(2)7-5-3-4-6-8-11(17)9-12(18)13(14,15)16/h3-10,17H,1-2H3. The Hall–Kier alpha value is -0.700. The van der Waals surface area contributed by atoms with Gasteiger partial charge >= 0.3 is 0 Å². The van der Waals surface area contributed by atoms with E-state index in [2.05, 4.69) is 13.8 Å². The molecule has 0 amide bonds. The lowest BCUT2D eigenvalue weighted by Gasteiger charge is -2.04. The highest BCUT2D eigenvalue weighted by Gasteiger charge is 2.28. The molecule has 0 fully saturated rings. The van der Waals surface area contributed by atoms with E-state index in [1.54, 1.807) is 18.2 Å². The Labute approximate surface area is 122 Å². The van der Waals surface area contributed by atoms with Crippen LogP contribution in [0.2, 0.25) is 0 Å². The second-order valence-electron chi connectivity index (χ2n) is 3.80. The lowest BCUT2D eigenvalue weighted by Crippen LogP contribution is -2.16. The zero-order chi connectivity index (χ0) is 14.2. The molecule has 1 N–H and O–H groups in total. The molecule has 0 aliphatic heterocycles. The van der Waals surface area contributed by atoms with Crippen LogP contribution in [0.25, 0.3) is 0 Å². The first kappa shape index (κ1) is 17.3. The van der Waals surface area contributed by atoms with Crippen molar-refractivity contribution in [2.24, 2.45) is 5.92 Å². The summed E-state index contributed by atoms with van der Waals surface area (Å²) in [6.45, 7) is 4.13. The van der Waals surface area contributed by atoms with Crippen molar-refractivity contribution in [2.75, 3.05) is 0 Å². The van der Waals surface area contributed by atoms with E-state index in [0.29, 0.717) is 5.92 Å². The highest BCUT2D eigenvalue weighted by molar-refractivity contribution is 6.77. The minimum Gasteiger partial charge on any atom is -0.508 e. The number of hydrogen-bond donors (Lipinski definition) is 1. The van der Waals surface area contributed by atoms with Gasteiger partial charge in [0, 0.05) is 6.08 Å². The number of ketones is 1. The Morgan fingerprint density at radius 3 is 2.17 bits per heavy atom. The summed E-state index contributed by atoms with van der Waals surface area (Å²) in [6, 6.07) is 0. The summed E-state index contributed by atoms with van der Waals surface area (Å²) in [4.78, 5) is 11.2. The molecule has 0 aromatic heterocycles. The third-order valence-electron chi connectivity index (χ3n) is 1.65. The average Bonchev–Trinajstić information content (AvgIpc) is 2.21. The second kappa shape index (κ2) is 8.41. The normalized spacial score (nSPS) is 14.4. The van der Waals surface area contributed by atoms with Crippen molar-refractivity contribution in [1.29, 1.82) is 0 Å². The lowest BCUT2D eigenvalue weighted by atomic mass is 10.2. The topological polar surface area (TPSA) is 37.3 Å². The van der Waals surface area contributed by atoms with E-state index >= 15 is 0 Å². The molecule has 2 nitrogen and oxygen atoms in total. The van der Waals surface area contributed by atoms with Gasteiger partial charge in [-0.05, 0) is 12.0 Å². The minimum atomic E-state index is -2.04. The maximum Gasteiger partial charge on any atom is 0.252 e. The molecule has 0 saturated carbocycles. The van der Waals surface area contributed by atoms with Crippen LogP contribution in [0.1, 0.15) is 13.8 Å². The Morgan fingerprint density at radius 2 is 1.67 bits per heavy atom. The number of alkyl halides is 3. The second-order valence-corrected chi connectivity index (χ2v) is 6.09. The summed E-state index contributed by atoms with van der Waals surface area (Å²) in [7, 11) is 0. The van der Waals surface area contributed by atoms with E-state index in [1.165, 1.54) is 6.08 Å². The first-order valence-corrected chi connectivity index (χ1v) is 6.40. The molecule has 0 saturated heterocycles. The molecular formula is C13H15Cl3O2. The van der Waals surface area contributed by atoms with Crippen LogP contribution in [0.15, 0.2) is 48.3 Å². The van der Waals surface area contributed by atoms with Crippen LogP contribution in [-0.4, -0.2) is 14.7 Å². The Balaban J connectivity index is 4.36. The molecule has 0 aromatic carbocycles. The van der Waals surface area contributed by atoms with E-state index in [4.69, 9.17) is 34.8 Å². The predicted octanol–water partition coefficient (Wildman–Crippen LogP) is 4.69. The van der Waals surface area contributed by atoms with E-state index in [0.717, 1.165) is 6.08 Å². The maximum absolute atomic E-state index is 11.2. The predicted molar refractivity (Wildman–Crippen MR) is 78.3 cm³/mol. The third-order valence-corrected chi connectivity index (χ3v) is 2.21. The first-order valence-electron chi connectivity index (χ1n) is 5.27. The van der Waals surface area contributed by atoms with Crippen LogP contribution < -0.4 is 0 Å². The van der Waals surface area contributed by atoms with E-state index < -0.39 is 9.58 Å². The third kappa shape index (κ3) is 9.34. The molecule has 0 rings (SSSR count). The Morgan fingerprint density at radius 1 is 1.11 bits per heavy atom. The molecule has 0 radical (unpaired) electrons. The van der Waals surface area contributed by atoms with Crippen molar-refractivity contribution in [3.8, 4) is 0 Å². The lowest BCUT2D eigenvalue weighted by molar-refractivity contribution is -0.113.